The van der Waals surface area contributed by atoms with Gasteiger partial charge in [0.1, 0.15) is 0 Å². The van der Waals surface area contributed by atoms with Crippen LogP contribution in [0.3, 0.4) is 0 Å². The SMILES string of the molecule is C[Si]c1ccccc1.[Cl-]. The van der Waals surface area contributed by atoms with Crippen LogP contribution in [0.25, 0.3) is 0 Å². The molecule has 0 bridgehead atoms. The first-order chi connectivity index (χ1) is 3.93. The number of hydrogen-bond donors (Lipinski definition) is 0. The van der Waals surface area contributed by atoms with E-state index in [9.17, 15) is 0 Å². The maximum atomic E-state index is 2.19. The van der Waals surface area contributed by atoms with Crippen molar-refractivity contribution in [2.75, 3.05) is 0 Å². The Morgan fingerprint density at radius 3 is 2.00 bits per heavy atom. The van der Waals surface area contributed by atoms with E-state index in [0.29, 0.717) is 0 Å². The van der Waals surface area contributed by atoms with Gasteiger partial charge in [0.15, 0.2) is 0 Å². The minimum atomic E-state index is 0. The van der Waals surface area contributed by atoms with Crippen molar-refractivity contribution in [2.45, 2.75) is 6.55 Å². The van der Waals surface area contributed by atoms with Crippen LogP contribution in [-0.2, 0) is 0 Å². The molecule has 0 aliphatic rings. The molecule has 0 aromatic heterocycles. The fourth-order valence-electron chi connectivity index (χ4n) is 0.605. The Hall–Kier alpha value is -0.273. The summed E-state index contributed by atoms with van der Waals surface area (Å²) in [5.74, 6) is 0. The molecule has 0 amide bonds. The molecule has 48 valence electrons. The number of benzene rings is 1. The van der Waals surface area contributed by atoms with Gasteiger partial charge in [0.05, 0.1) is 9.52 Å². The van der Waals surface area contributed by atoms with Gasteiger partial charge in [-0.05, 0) is 0 Å². The zero-order valence-corrected chi connectivity index (χ0v) is 7.02. The Bertz CT molecular complexity index is 150. The van der Waals surface area contributed by atoms with E-state index >= 15 is 0 Å². The van der Waals surface area contributed by atoms with E-state index in [4.69, 9.17) is 0 Å². The highest BCUT2D eigenvalue weighted by molar-refractivity contribution is 6.51. The fourth-order valence-corrected chi connectivity index (χ4v) is 1.13. The van der Waals surface area contributed by atoms with Gasteiger partial charge >= 0.3 is 0 Å². The first kappa shape index (κ1) is 8.73. The molecule has 0 aliphatic heterocycles. The Labute approximate surface area is 64.5 Å². The Morgan fingerprint density at radius 1 is 1.11 bits per heavy atom. The monoisotopic (exact) mass is 155 g/mol. The van der Waals surface area contributed by atoms with Gasteiger partial charge in [-0.15, -0.1) is 0 Å². The molecule has 0 atom stereocenters. The molecule has 0 spiro atoms. The van der Waals surface area contributed by atoms with Crippen molar-refractivity contribution in [3.63, 3.8) is 0 Å². The molecule has 0 nitrogen and oxygen atoms in total. The average Bonchev–Trinajstić information content (AvgIpc) is 1.90. The van der Waals surface area contributed by atoms with Gasteiger partial charge in [-0.1, -0.05) is 42.1 Å². The molecule has 2 heteroatoms. The van der Waals surface area contributed by atoms with Crippen molar-refractivity contribution in [1.29, 1.82) is 0 Å². The molecular weight excluding hydrogens is 148 g/mol. The normalized spacial score (nSPS) is 8.11. The molecule has 2 radical (unpaired) electrons. The smallest absolute Gasteiger partial charge is 0.0773 e. The molecule has 1 aromatic carbocycles. The first-order valence-corrected chi connectivity index (χ1v) is 4.16. The lowest BCUT2D eigenvalue weighted by atomic mass is 10.4. The second-order valence-electron chi connectivity index (χ2n) is 1.62. The molecule has 1 aromatic rings. The quantitative estimate of drug-likeness (QED) is 0.415. The maximum Gasteiger partial charge on any atom is 0.0773 e. The molecule has 0 saturated heterocycles. The molecule has 1 rings (SSSR count). The highest BCUT2D eigenvalue weighted by Gasteiger charge is 1.81. The predicted octanol–water partition coefficient (Wildman–Crippen LogP) is -1.93. The van der Waals surface area contributed by atoms with E-state index in [1.807, 2.05) is 6.07 Å². The third kappa shape index (κ3) is 2.68. The van der Waals surface area contributed by atoms with Crippen LogP contribution < -0.4 is 17.6 Å². The molecule has 0 heterocycles. The summed E-state index contributed by atoms with van der Waals surface area (Å²) in [4.78, 5) is 0. The third-order valence-electron chi connectivity index (χ3n) is 1.06. The Morgan fingerprint density at radius 2 is 1.67 bits per heavy atom. The summed E-state index contributed by atoms with van der Waals surface area (Å²) in [7, 11) is 0.930. The largest absolute Gasteiger partial charge is 1.00 e. The lowest BCUT2D eigenvalue weighted by Gasteiger charge is -1.88. The zero-order valence-electron chi connectivity index (χ0n) is 5.26. The fraction of sp³-hybridized carbons (Fsp3) is 0.143. The number of hydrogen-bond acceptors (Lipinski definition) is 0. The minimum absolute atomic E-state index is 0. The van der Waals surface area contributed by atoms with E-state index in [1.54, 1.807) is 0 Å². The van der Waals surface area contributed by atoms with Crippen molar-refractivity contribution in [3.8, 4) is 0 Å². The number of rotatable bonds is 1. The summed E-state index contributed by atoms with van der Waals surface area (Å²) >= 11 is 0. The van der Waals surface area contributed by atoms with Crippen LogP contribution in [0.4, 0.5) is 0 Å². The molecule has 0 aliphatic carbocycles. The Balaban J connectivity index is 0.000000640. The van der Waals surface area contributed by atoms with Crippen LogP contribution in [0.5, 0.6) is 0 Å². The summed E-state index contributed by atoms with van der Waals surface area (Å²) < 4.78 is 0. The summed E-state index contributed by atoms with van der Waals surface area (Å²) in [6.07, 6.45) is 0. The maximum absolute atomic E-state index is 2.19. The first-order valence-electron chi connectivity index (χ1n) is 2.66. The molecular formula is C7H8ClSi-. The molecule has 0 N–H and O–H groups in total. The van der Waals surface area contributed by atoms with E-state index in [0.717, 1.165) is 9.52 Å². The van der Waals surface area contributed by atoms with Gasteiger partial charge in [-0.2, -0.15) is 0 Å². The van der Waals surface area contributed by atoms with Gasteiger partial charge in [0.2, 0.25) is 0 Å². The molecule has 0 unspecified atom stereocenters. The van der Waals surface area contributed by atoms with Crippen LogP contribution in [-0.4, -0.2) is 9.52 Å². The van der Waals surface area contributed by atoms with Crippen molar-refractivity contribution in [2.24, 2.45) is 0 Å². The second-order valence-corrected chi connectivity index (χ2v) is 2.69. The van der Waals surface area contributed by atoms with Crippen molar-refractivity contribution < 1.29 is 12.4 Å². The van der Waals surface area contributed by atoms with Crippen LogP contribution in [0.15, 0.2) is 30.3 Å². The van der Waals surface area contributed by atoms with Crippen molar-refractivity contribution in [3.05, 3.63) is 30.3 Å². The lowest BCUT2D eigenvalue weighted by molar-refractivity contribution is -0.00000159. The van der Waals surface area contributed by atoms with Crippen LogP contribution >= 0.6 is 0 Å². The summed E-state index contributed by atoms with van der Waals surface area (Å²) in [6, 6.07) is 10.5. The average molecular weight is 156 g/mol. The molecule has 0 saturated carbocycles. The van der Waals surface area contributed by atoms with E-state index in [1.165, 1.54) is 5.19 Å². The summed E-state index contributed by atoms with van der Waals surface area (Å²) in [6.45, 7) is 2.19. The standard InChI is InChI=1S/C7H8Si.ClH/c1-8-7-5-3-2-4-6-7;/h2-6H,1H3;1H/p-1. The summed E-state index contributed by atoms with van der Waals surface area (Å²) in [5.41, 5.74) is 0. The minimum Gasteiger partial charge on any atom is -1.00 e. The van der Waals surface area contributed by atoms with E-state index < -0.39 is 0 Å². The van der Waals surface area contributed by atoms with E-state index in [2.05, 4.69) is 30.8 Å². The van der Waals surface area contributed by atoms with Gasteiger partial charge in [0.25, 0.3) is 0 Å². The van der Waals surface area contributed by atoms with Gasteiger partial charge in [-0.3, -0.25) is 0 Å². The predicted molar refractivity (Wildman–Crippen MR) is 37.7 cm³/mol. The highest BCUT2D eigenvalue weighted by atomic mass is 35.5. The highest BCUT2D eigenvalue weighted by Crippen LogP contribution is 1.79. The van der Waals surface area contributed by atoms with Crippen molar-refractivity contribution >= 4 is 14.7 Å². The van der Waals surface area contributed by atoms with Crippen LogP contribution in [0.1, 0.15) is 0 Å². The topological polar surface area (TPSA) is 0 Å². The van der Waals surface area contributed by atoms with Crippen LogP contribution in [0.2, 0.25) is 6.55 Å². The van der Waals surface area contributed by atoms with E-state index in [-0.39, 0.29) is 12.4 Å². The second kappa shape index (κ2) is 4.59. The Kier molecular flexibility index (Phi) is 4.45. The third-order valence-corrected chi connectivity index (χ3v) is 1.97. The van der Waals surface area contributed by atoms with Gasteiger partial charge < -0.3 is 12.4 Å². The van der Waals surface area contributed by atoms with Gasteiger partial charge in [0, 0.05) is 0 Å². The van der Waals surface area contributed by atoms with Gasteiger partial charge in [-0.25, -0.2) is 0 Å². The lowest BCUT2D eigenvalue weighted by Crippen LogP contribution is -3.00. The summed E-state index contributed by atoms with van der Waals surface area (Å²) in [5, 5.41) is 1.44. The molecule has 9 heavy (non-hydrogen) atoms. The van der Waals surface area contributed by atoms with Crippen LogP contribution in [0, 0.1) is 0 Å². The van der Waals surface area contributed by atoms with Crippen molar-refractivity contribution in [1.82, 2.24) is 0 Å². The zero-order chi connectivity index (χ0) is 5.82. The molecule has 0 fully saturated rings. The number of halogens is 1.